The number of likely N-dealkylation sites (tertiary alicyclic amines) is 1. The molecule has 0 bridgehead atoms. The highest BCUT2D eigenvalue weighted by molar-refractivity contribution is 7.12. The number of Topliss-reactive ketones (excluding diaryl/α,β-unsaturated/α-hetero) is 1. The smallest absolute Gasteiger partial charge is 0.330 e. The summed E-state index contributed by atoms with van der Waals surface area (Å²) in [6, 6.07) is 9.76. The fraction of sp³-hybridized carbons (Fsp3) is 0.379. The van der Waals surface area contributed by atoms with E-state index >= 15 is 0 Å². The molecule has 0 spiro atoms. The van der Waals surface area contributed by atoms with Crippen molar-refractivity contribution in [1.29, 1.82) is 0 Å². The first kappa shape index (κ1) is 28.7. The Hall–Kier alpha value is -3.34. The fourth-order valence-corrected chi connectivity index (χ4v) is 7.79. The standard InChI is InChI=1S/C29H32N2O6S2/c1-15-11-12-38-27(15)25-23(26(34)21-13-16(2)39-17(21)3)24(19-7-9-20(10-8-19)30-18(4)32)29(5,28(35)36)31(25)22(33)14-37-6/h7-13,23-25H,14H2,1-6H3,(H,30,32)(H,35,36). The molecule has 0 saturated carbocycles. The van der Waals surface area contributed by atoms with Crippen LogP contribution in [0.15, 0.2) is 41.8 Å². The highest BCUT2D eigenvalue weighted by atomic mass is 32.1. The maximum Gasteiger partial charge on any atom is 0.330 e. The van der Waals surface area contributed by atoms with E-state index in [0.29, 0.717) is 16.8 Å². The number of aliphatic carboxylic acids is 1. The van der Waals surface area contributed by atoms with Crippen molar-refractivity contribution < 1.29 is 29.0 Å². The molecule has 4 atom stereocenters. The summed E-state index contributed by atoms with van der Waals surface area (Å²) in [5.74, 6) is -3.93. The number of hydrogen-bond acceptors (Lipinski definition) is 7. The van der Waals surface area contributed by atoms with Crippen LogP contribution in [0, 0.1) is 26.7 Å². The van der Waals surface area contributed by atoms with Gasteiger partial charge in [-0.25, -0.2) is 4.79 Å². The van der Waals surface area contributed by atoms with E-state index in [9.17, 15) is 24.3 Å². The summed E-state index contributed by atoms with van der Waals surface area (Å²) in [5, 5.41) is 15.4. The Morgan fingerprint density at radius 1 is 1.10 bits per heavy atom. The van der Waals surface area contributed by atoms with E-state index < -0.39 is 35.3 Å². The lowest BCUT2D eigenvalue weighted by molar-refractivity contribution is -0.159. The van der Waals surface area contributed by atoms with E-state index in [-0.39, 0.29) is 18.3 Å². The number of ketones is 1. The number of rotatable bonds is 8. The van der Waals surface area contributed by atoms with Gasteiger partial charge >= 0.3 is 5.97 Å². The molecule has 1 aromatic carbocycles. The largest absolute Gasteiger partial charge is 0.479 e. The maximum atomic E-state index is 14.5. The number of nitrogens with one attached hydrogen (secondary N) is 1. The number of carbonyl (C=O) groups is 4. The topological polar surface area (TPSA) is 113 Å². The van der Waals surface area contributed by atoms with Crippen LogP contribution >= 0.6 is 22.7 Å². The second-order valence-corrected chi connectivity index (χ2v) is 12.5. The fourth-order valence-electron chi connectivity index (χ4n) is 5.80. The van der Waals surface area contributed by atoms with Gasteiger partial charge in [-0.05, 0) is 68.5 Å². The molecule has 39 heavy (non-hydrogen) atoms. The zero-order valence-electron chi connectivity index (χ0n) is 22.7. The van der Waals surface area contributed by atoms with E-state index in [2.05, 4.69) is 5.32 Å². The predicted octanol–water partition coefficient (Wildman–Crippen LogP) is 5.35. The summed E-state index contributed by atoms with van der Waals surface area (Å²) in [5.41, 5.74) is 0.780. The van der Waals surface area contributed by atoms with Gasteiger partial charge in [0.25, 0.3) is 0 Å². The molecule has 8 nitrogen and oxygen atoms in total. The van der Waals surface area contributed by atoms with Crippen molar-refractivity contribution in [2.45, 2.75) is 52.1 Å². The van der Waals surface area contributed by atoms with E-state index in [0.717, 1.165) is 20.2 Å². The minimum atomic E-state index is -1.77. The van der Waals surface area contributed by atoms with Gasteiger partial charge in [0.05, 0.1) is 12.0 Å². The molecule has 3 heterocycles. The summed E-state index contributed by atoms with van der Waals surface area (Å²) >= 11 is 2.92. The van der Waals surface area contributed by atoms with E-state index in [1.165, 1.54) is 48.5 Å². The van der Waals surface area contributed by atoms with Crippen LogP contribution in [0.5, 0.6) is 0 Å². The number of carboxylic acids is 1. The zero-order chi connectivity index (χ0) is 28.6. The third kappa shape index (κ3) is 5.04. The zero-order valence-corrected chi connectivity index (χ0v) is 24.4. The molecular formula is C29H32N2O6S2. The Morgan fingerprint density at radius 3 is 2.26 bits per heavy atom. The van der Waals surface area contributed by atoms with E-state index in [4.69, 9.17) is 4.74 Å². The maximum absolute atomic E-state index is 14.5. The molecule has 2 amide bonds. The van der Waals surface area contributed by atoms with Crippen LogP contribution in [0.3, 0.4) is 0 Å². The van der Waals surface area contributed by atoms with E-state index in [1.54, 1.807) is 24.3 Å². The lowest BCUT2D eigenvalue weighted by atomic mass is 9.72. The quantitative estimate of drug-likeness (QED) is 0.354. The first-order chi connectivity index (χ1) is 18.4. The van der Waals surface area contributed by atoms with Crippen LogP contribution in [-0.4, -0.2) is 52.8 Å². The van der Waals surface area contributed by atoms with Crippen LogP contribution < -0.4 is 5.32 Å². The number of benzene rings is 1. The number of carboxylic acid groups (broad SMARTS) is 1. The summed E-state index contributed by atoms with van der Waals surface area (Å²) in [6.07, 6.45) is 0. The first-order valence-electron chi connectivity index (χ1n) is 12.5. The number of methoxy groups -OCH3 is 1. The average molecular weight is 569 g/mol. The second-order valence-electron chi connectivity index (χ2n) is 10.1. The Bertz CT molecular complexity index is 1430. The highest BCUT2D eigenvalue weighted by Gasteiger charge is 2.65. The number of anilines is 1. The molecule has 1 aliphatic heterocycles. The first-order valence-corrected chi connectivity index (χ1v) is 14.2. The van der Waals surface area contributed by atoms with Crippen LogP contribution in [0.4, 0.5) is 5.69 Å². The normalized spacial score (nSPS) is 22.6. The van der Waals surface area contributed by atoms with Crippen LogP contribution in [0.1, 0.15) is 61.9 Å². The Morgan fingerprint density at radius 2 is 1.77 bits per heavy atom. The molecule has 10 heteroatoms. The van der Waals surface area contributed by atoms with Gasteiger partial charge < -0.3 is 20.1 Å². The van der Waals surface area contributed by atoms with Crippen molar-refractivity contribution in [2.24, 2.45) is 5.92 Å². The van der Waals surface area contributed by atoms with Crippen molar-refractivity contribution in [3.05, 3.63) is 73.1 Å². The van der Waals surface area contributed by atoms with Gasteiger partial charge in [-0.15, -0.1) is 22.7 Å². The third-order valence-corrected chi connectivity index (χ3v) is 9.48. The Balaban J connectivity index is 2.02. The lowest BCUT2D eigenvalue weighted by Crippen LogP contribution is -2.55. The van der Waals surface area contributed by atoms with Gasteiger partial charge in [-0.2, -0.15) is 0 Å². The molecule has 206 valence electrons. The molecule has 1 fully saturated rings. The van der Waals surface area contributed by atoms with Crippen LogP contribution in [-0.2, 0) is 19.1 Å². The molecule has 2 aromatic heterocycles. The third-order valence-electron chi connectivity index (χ3n) is 7.42. The minimum Gasteiger partial charge on any atom is -0.479 e. The van der Waals surface area contributed by atoms with Gasteiger partial charge in [0, 0.05) is 45.8 Å². The number of hydrogen-bond donors (Lipinski definition) is 2. The second kappa shape index (κ2) is 11.0. The van der Waals surface area contributed by atoms with Gasteiger partial charge in [-0.3, -0.25) is 14.4 Å². The SMILES string of the molecule is COCC(=O)N1C(c2sccc2C)C(C(=O)c2cc(C)sc2C)C(c2ccc(NC(C)=O)cc2)C1(C)C(=O)O. The van der Waals surface area contributed by atoms with Crippen LogP contribution in [0.25, 0.3) is 0 Å². The van der Waals surface area contributed by atoms with Crippen molar-refractivity contribution in [3.8, 4) is 0 Å². The number of thiophene rings is 2. The summed E-state index contributed by atoms with van der Waals surface area (Å²) < 4.78 is 5.18. The Labute approximate surface area is 235 Å². The highest BCUT2D eigenvalue weighted by Crippen LogP contribution is 2.58. The summed E-state index contributed by atoms with van der Waals surface area (Å²) in [4.78, 5) is 57.0. The molecule has 0 radical (unpaired) electrons. The molecule has 1 saturated heterocycles. The molecule has 4 unspecified atom stereocenters. The molecule has 3 aromatic rings. The van der Waals surface area contributed by atoms with Crippen LogP contribution in [0.2, 0.25) is 0 Å². The van der Waals surface area contributed by atoms with Gasteiger partial charge in [0.15, 0.2) is 5.78 Å². The summed E-state index contributed by atoms with van der Waals surface area (Å²) in [6.45, 7) is 8.31. The molecule has 4 rings (SSSR count). The van der Waals surface area contributed by atoms with Crippen molar-refractivity contribution in [3.63, 3.8) is 0 Å². The Kier molecular flexibility index (Phi) is 8.11. The molecule has 0 aliphatic carbocycles. The van der Waals surface area contributed by atoms with Gasteiger partial charge in [-0.1, -0.05) is 12.1 Å². The number of carbonyl (C=O) groups excluding carboxylic acids is 3. The summed E-state index contributed by atoms with van der Waals surface area (Å²) in [7, 11) is 1.38. The number of ether oxygens (including phenoxy) is 1. The number of aryl methyl sites for hydroxylation is 3. The van der Waals surface area contributed by atoms with Gasteiger partial charge in [0.2, 0.25) is 11.8 Å². The number of amides is 2. The molecule has 1 aliphatic rings. The number of nitrogens with zero attached hydrogens (tertiary/aromatic N) is 1. The van der Waals surface area contributed by atoms with Crippen molar-refractivity contribution in [1.82, 2.24) is 4.90 Å². The predicted molar refractivity (Wildman–Crippen MR) is 152 cm³/mol. The molecular weight excluding hydrogens is 536 g/mol. The van der Waals surface area contributed by atoms with Crippen molar-refractivity contribution >= 4 is 51.9 Å². The monoisotopic (exact) mass is 568 g/mol. The van der Waals surface area contributed by atoms with Crippen molar-refractivity contribution in [2.75, 3.05) is 19.0 Å². The van der Waals surface area contributed by atoms with Gasteiger partial charge in [0.1, 0.15) is 12.1 Å². The minimum absolute atomic E-state index is 0.203. The van der Waals surface area contributed by atoms with E-state index in [1.807, 2.05) is 38.3 Å². The average Bonchev–Trinajstić information content (AvgIpc) is 3.52. The molecule has 2 N–H and O–H groups in total. The lowest BCUT2D eigenvalue weighted by Gasteiger charge is -2.37.